The first-order chi connectivity index (χ1) is 5.11. The fourth-order valence-electron chi connectivity index (χ4n) is 0.803. The summed E-state index contributed by atoms with van der Waals surface area (Å²) in [5, 5.41) is 1.49. The lowest BCUT2D eigenvalue weighted by atomic mass is 10.2. The Balaban J connectivity index is 3.00. The first kappa shape index (κ1) is 8.36. The van der Waals surface area contributed by atoms with Crippen molar-refractivity contribution >= 4 is 15.9 Å². The molecule has 0 amide bonds. The van der Waals surface area contributed by atoms with Crippen LogP contribution >= 0.6 is 15.9 Å². The Hall–Kier alpha value is -0.740. The van der Waals surface area contributed by atoms with E-state index in [1.54, 1.807) is 6.20 Å². The highest BCUT2D eigenvalue weighted by molar-refractivity contribution is 9.11. The summed E-state index contributed by atoms with van der Waals surface area (Å²) in [6.07, 6.45) is 5.47. The number of nitrogens with zero attached hydrogens (tertiary/aromatic N) is 1. The van der Waals surface area contributed by atoms with Gasteiger partial charge in [-0.15, -0.1) is 0 Å². The number of halogens is 1. The molecule has 1 rings (SSSR count). The lowest BCUT2D eigenvalue weighted by Crippen LogP contribution is -2.27. The highest BCUT2D eigenvalue weighted by Gasteiger charge is 2.06. The van der Waals surface area contributed by atoms with Crippen molar-refractivity contribution < 1.29 is 0 Å². The fraction of sp³-hybridized carbons (Fsp3) is 0.143. The molecule has 4 N–H and O–H groups in total. The summed E-state index contributed by atoms with van der Waals surface area (Å²) < 4.78 is 0.971. The molecule has 0 fully saturated rings. The normalized spacial score (nSPS) is 21.7. The zero-order chi connectivity index (χ0) is 8.43. The maximum atomic E-state index is 5.59. The van der Waals surface area contributed by atoms with Crippen molar-refractivity contribution in [3.05, 3.63) is 34.2 Å². The van der Waals surface area contributed by atoms with Crippen LogP contribution in [0.2, 0.25) is 0 Å². The Labute approximate surface area is 74.1 Å². The molecule has 0 saturated carbocycles. The SMILES string of the molecule is C/C(N)=C1\C=C(Br)C=CN1N. The topological polar surface area (TPSA) is 55.3 Å². The first-order valence-electron chi connectivity index (χ1n) is 3.17. The predicted molar refractivity (Wildman–Crippen MR) is 49.1 cm³/mol. The van der Waals surface area contributed by atoms with E-state index in [9.17, 15) is 0 Å². The average molecular weight is 216 g/mol. The molecule has 0 spiro atoms. The second kappa shape index (κ2) is 3.11. The zero-order valence-electron chi connectivity index (χ0n) is 6.21. The van der Waals surface area contributed by atoms with Crippen molar-refractivity contribution in [3.8, 4) is 0 Å². The van der Waals surface area contributed by atoms with Gasteiger partial charge in [0.15, 0.2) is 0 Å². The molecule has 0 saturated heterocycles. The maximum Gasteiger partial charge on any atom is 0.0763 e. The third-order valence-electron chi connectivity index (χ3n) is 1.35. The lowest BCUT2D eigenvalue weighted by molar-refractivity contribution is 0.497. The number of hydrogen-bond acceptors (Lipinski definition) is 3. The molecular formula is C7H10BrN3. The number of allylic oxidation sites excluding steroid dienone is 4. The summed E-state index contributed by atoms with van der Waals surface area (Å²) in [4.78, 5) is 0. The third-order valence-corrected chi connectivity index (χ3v) is 1.84. The Bertz CT molecular complexity index is 248. The van der Waals surface area contributed by atoms with Crippen LogP contribution in [-0.4, -0.2) is 5.01 Å². The molecule has 0 unspecified atom stereocenters. The fourth-order valence-corrected chi connectivity index (χ4v) is 1.14. The predicted octanol–water partition coefficient (Wildman–Crippen LogP) is 1.16. The van der Waals surface area contributed by atoms with Gasteiger partial charge in [-0.05, 0) is 19.1 Å². The minimum absolute atomic E-state index is 0.703. The largest absolute Gasteiger partial charge is 0.401 e. The van der Waals surface area contributed by atoms with Gasteiger partial charge in [0.25, 0.3) is 0 Å². The maximum absolute atomic E-state index is 5.59. The summed E-state index contributed by atoms with van der Waals surface area (Å²) >= 11 is 3.33. The average Bonchev–Trinajstić information content (AvgIpc) is 1.94. The van der Waals surface area contributed by atoms with E-state index in [0.29, 0.717) is 5.70 Å². The van der Waals surface area contributed by atoms with Crippen molar-refractivity contribution in [2.45, 2.75) is 6.92 Å². The second-order valence-electron chi connectivity index (χ2n) is 2.32. The van der Waals surface area contributed by atoms with Crippen molar-refractivity contribution in [1.29, 1.82) is 0 Å². The molecule has 0 aromatic rings. The van der Waals surface area contributed by atoms with Crippen LogP contribution in [0.15, 0.2) is 34.2 Å². The number of hydrazine groups is 1. The van der Waals surface area contributed by atoms with Gasteiger partial charge in [0.1, 0.15) is 0 Å². The Kier molecular flexibility index (Phi) is 2.36. The summed E-state index contributed by atoms with van der Waals surface area (Å²) in [6, 6.07) is 0. The molecule has 60 valence electrons. The third kappa shape index (κ3) is 1.85. The molecule has 4 heteroatoms. The molecule has 0 radical (unpaired) electrons. The van der Waals surface area contributed by atoms with Crippen LogP contribution in [0.4, 0.5) is 0 Å². The monoisotopic (exact) mass is 215 g/mol. The molecule has 0 aromatic carbocycles. The van der Waals surface area contributed by atoms with Crippen LogP contribution in [0.1, 0.15) is 6.92 Å². The Morgan fingerprint density at radius 1 is 1.64 bits per heavy atom. The molecule has 1 heterocycles. The van der Waals surface area contributed by atoms with Crippen LogP contribution < -0.4 is 11.6 Å². The van der Waals surface area contributed by atoms with Gasteiger partial charge < -0.3 is 5.73 Å². The van der Waals surface area contributed by atoms with E-state index in [1.165, 1.54) is 5.01 Å². The smallest absolute Gasteiger partial charge is 0.0763 e. The molecule has 0 aliphatic carbocycles. The van der Waals surface area contributed by atoms with Gasteiger partial charge in [-0.2, -0.15) is 0 Å². The lowest BCUT2D eigenvalue weighted by Gasteiger charge is -2.19. The van der Waals surface area contributed by atoms with Gasteiger partial charge >= 0.3 is 0 Å². The first-order valence-corrected chi connectivity index (χ1v) is 3.96. The van der Waals surface area contributed by atoms with E-state index in [4.69, 9.17) is 11.6 Å². The zero-order valence-corrected chi connectivity index (χ0v) is 7.80. The van der Waals surface area contributed by atoms with Crippen LogP contribution in [0, 0.1) is 0 Å². The highest BCUT2D eigenvalue weighted by atomic mass is 79.9. The number of nitrogens with two attached hydrogens (primary N) is 2. The van der Waals surface area contributed by atoms with Crippen molar-refractivity contribution in [2.24, 2.45) is 11.6 Å². The van der Waals surface area contributed by atoms with Gasteiger partial charge in [0.2, 0.25) is 0 Å². The van der Waals surface area contributed by atoms with Gasteiger partial charge in [-0.1, -0.05) is 15.9 Å². The van der Waals surface area contributed by atoms with Crippen LogP contribution in [-0.2, 0) is 0 Å². The molecule has 0 bridgehead atoms. The number of rotatable bonds is 0. The summed E-state index contributed by atoms with van der Waals surface area (Å²) in [7, 11) is 0. The molecule has 0 aromatic heterocycles. The van der Waals surface area contributed by atoms with Gasteiger partial charge in [0, 0.05) is 16.4 Å². The van der Waals surface area contributed by atoms with Crippen molar-refractivity contribution in [2.75, 3.05) is 0 Å². The van der Waals surface area contributed by atoms with Gasteiger partial charge in [0.05, 0.1) is 5.70 Å². The Morgan fingerprint density at radius 3 is 2.73 bits per heavy atom. The van der Waals surface area contributed by atoms with Crippen LogP contribution in [0.3, 0.4) is 0 Å². The molecule has 11 heavy (non-hydrogen) atoms. The quantitative estimate of drug-likeness (QED) is 0.597. The summed E-state index contributed by atoms with van der Waals surface area (Å²) in [6.45, 7) is 1.81. The van der Waals surface area contributed by atoms with Crippen LogP contribution in [0.25, 0.3) is 0 Å². The van der Waals surface area contributed by atoms with E-state index < -0.39 is 0 Å². The second-order valence-corrected chi connectivity index (χ2v) is 3.24. The Morgan fingerprint density at radius 2 is 2.27 bits per heavy atom. The van der Waals surface area contributed by atoms with E-state index in [0.717, 1.165) is 10.2 Å². The molecule has 1 aliphatic heterocycles. The highest BCUT2D eigenvalue weighted by Crippen LogP contribution is 2.18. The van der Waals surface area contributed by atoms with Crippen molar-refractivity contribution in [3.63, 3.8) is 0 Å². The van der Waals surface area contributed by atoms with E-state index in [-0.39, 0.29) is 0 Å². The molecular weight excluding hydrogens is 206 g/mol. The molecule has 1 aliphatic rings. The van der Waals surface area contributed by atoms with E-state index in [1.807, 2.05) is 19.1 Å². The van der Waals surface area contributed by atoms with Gasteiger partial charge in [-0.25, -0.2) is 5.84 Å². The van der Waals surface area contributed by atoms with Gasteiger partial charge in [-0.3, -0.25) is 5.01 Å². The van der Waals surface area contributed by atoms with Crippen LogP contribution in [0.5, 0.6) is 0 Å². The van der Waals surface area contributed by atoms with E-state index in [2.05, 4.69) is 15.9 Å². The summed E-state index contributed by atoms with van der Waals surface area (Å²) in [5.41, 5.74) is 7.10. The van der Waals surface area contributed by atoms with E-state index >= 15 is 0 Å². The molecule has 3 nitrogen and oxygen atoms in total. The minimum atomic E-state index is 0.703. The molecule has 0 atom stereocenters. The minimum Gasteiger partial charge on any atom is -0.401 e. The standard InChI is InChI=1S/C7H10BrN3/c1-5(9)7-4-6(8)2-3-11(7)10/h2-4H,9-10H2,1H3/b7-5-. The number of hydrogen-bond donors (Lipinski definition) is 2. The summed E-state index contributed by atoms with van der Waals surface area (Å²) in [5.74, 6) is 5.59. The van der Waals surface area contributed by atoms with Crippen molar-refractivity contribution in [1.82, 2.24) is 5.01 Å².